The molecule has 0 amide bonds. The number of carbonyl (C=O) groups excluding carboxylic acids is 1. The van der Waals surface area contributed by atoms with Crippen LogP contribution < -0.4 is 0 Å². The molecule has 74 valence electrons. The molecule has 2 aliphatic rings. The molecule has 1 unspecified atom stereocenters. The van der Waals surface area contributed by atoms with E-state index in [1.54, 1.807) is 0 Å². The largest absolute Gasteiger partial charge is 0.378 e. The van der Waals surface area contributed by atoms with Gasteiger partial charge < -0.3 is 4.74 Å². The Labute approximate surface area is 79.7 Å². The van der Waals surface area contributed by atoms with Crippen LogP contribution >= 0.6 is 0 Å². The fraction of sp³-hybridized carbons (Fsp3) is 0.909. The molecule has 0 radical (unpaired) electrons. The Hall–Kier alpha value is -0.370. The minimum Gasteiger partial charge on any atom is -0.378 e. The van der Waals surface area contributed by atoms with Crippen LogP contribution in [0.4, 0.5) is 0 Å². The summed E-state index contributed by atoms with van der Waals surface area (Å²) in [5, 5.41) is 0. The summed E-state index contributed by atoms with van der Waals surface area (Å²) in [4.78, 5) is 11.3. The van der Waals surface area contributed by atoms with Crippen LogP contribution in [-0.4, -0.2) is 18.5 Å². The Kier molecular flexibility index (Phi) is 2.68. The van der Waals surface area contributed by atoms with E-state index < -0.39 is 0 Å². The first-order valence-electron chi connectivity index (χ1n) is 5.45. The molecule has 2 heteroatoms. The second-order valence-corrected chi connectivity index (χ2v) is 4.36. The van der Waals surface area contributed by atoms with Crippen molar-refractivity contribution in [1.29, 1.82) is 0 Å². The number of hydrogen-bond donors (Lipinski definition) is 0. The fourth-order valence-corrected chi connectivity index (χ4v) is 2.57. The van der Waals surface area contributed by atoms with Crippen molar-refractivity contribution in [2.45, 2.75) is 45.1 Å². The minimum absolute atomic E-state index is 0.358. The molecule has 3 atom stereocenters. The van der Waals surface area contributed by atoms with Crippen LogP contribution in [-0.2, 0) is 9.53 Å². The predicted octanol–water partition coefficient (Wildman–Crippen LogP) is 2.17. The molecule has 2 fully saturated rings. The first kappa shape index (κ1) is 9.20. The van der Waals surface area contributed by atoms with E-state index in [-0.39, 0.29) is 0 Å². The zero-order valence-corrected chi connectivity index (χ0v) is 8.29. The number of rotatable bonds is 4. The van der Waals surface area contributed by atoms with Gasteiger partial charge in [0.15, 0.2) is 0 Å². The van der Waals surface area contributed by atoms with Gasteiger partial charge in [0, 0.05) is 18.9 Å². The Balaban J connectivity index is 1.76. The molecule has 0 heterocycles. The number of hydrogen-bond acceptors (Lipinski definition) is 2. The third kappa shape index (κ3) is 1.78. The number of ketones is 1. The van der Waals surface area contributed by atoms with Gasteiger partial charge in [-0.2, -0.15) is 0 Å². The molecule has 0 aromatic carbocycles. The summed E-state index contributed by atoms with van der Waals surface area (Å²) in [6, 6.07) is 0. The molecule has 2 nitrogen and oxygen atoms in total. The molecule has 2 aliphatic carbocycles. The van der Waals surface area contributed by atoms with Crippen LogP contribution in [0.3, 0.4) is 0 Å². The molecule has 0 N–H and O–H groups in total. The maximum Gasteiger partial charge on any atom is 0.136 e. The monoisotopic (exact) mass is 182 g/mol. The van der Waals surface area contributed by atoms with Gasteiger partial charge in [0.1, 0.15) is 5.78 Å². The molecule has 2 saturated carbocycles. The SMILES string of the molecule is CCCCO[C@H]1C[C@H]2CC1CC2=O. The highest BCUT2D eigenvalue weighted by molar-refractivity contribution is 5.84. The van der Waals surface area contributed by atoms with Crippen molar-refractivity contribution in [2.24, 2.45) is 11.8 Å². The van der Waals surface area contributed by atoms with Gasteiger partial charge in [-0.25, -0.2) is 0 Å². The average molecular weight is 182 g/mol. The second-order valence-electron chi connectivity index (χ2n) is 4.36. The molecule has 0 aromatic heterocycles. The van der Waals surface area contributed by atoms with Crippen LogP contribution in [0.2, 0.25) is 0 Å². The van der Waals surface area contributed by atoms with E-state index in [0.717, 1.165) is 32.3 Å². The summed E-state index contributed by atoms with van der Waals surface area (Å²) < 4.78 is 5.77. The number of carbonyl (C=O) groups is 1. The van der Waals surface area contributed by atoms with Crippen LogP contribution in [0.1, 0.15) is 39.0 Å². The Morgan fingerprint density at radius 3 is 2.85 bits per heavy atom. The standard InChI is InChI=1S/C11H18O2/c1-2-3-4-13-11-7-8-5-9(11)6-10(8)12/h8-9,11H,2-7H2,1H3/t8-,9?,11+/m1/s1. The van der Waals surface area contributed by atoms with Crippen LogP contribution in [0.15, 0.2) is 0 Å². The van der Waals surface area contributed by atoms with E-state index in [1.165, 1.54) is 6.42 Å². The van der Waals surface area contributed by atoms with Gasteiger partial charge in [0.2, 0.25) is 0 Å². The summed E-state index contributed by atoms with van der Waals surface area (Å²) in [5.41, 5.74) is 0. The quantitative estimate of drug-likeness (QED) is 0.623. The van der Waals surface area contributed by atoms with Crippen molar-refractivity contribution in [2.75, 3.05) is 6.61 Å². The Morgan fingerprint density at radius 1 is 1.46 bits per heavy atom. The van der Waals surface area contributed by atoms with Gasteiger partial charge in [-0.05, 0) is 25.2 Å². The molecule has 0 saturated heterocycles. The van der Waals surface area contributed by atoms with Crippen LogP contribution in [0, 0.1) is 11.8 Å². The fourth-order valence-electron chi connectivity index (χ4n) is 2.57. The van der Waals surface area contributed by atoms with Crippen molar-refractivity contribution < 1.29 is 9.53 Å². The van der Waals surface area contributed by atoms with E-state index in [4.69, 9.17) is 4.74 Å². The van der Waals surface area contributed by atoms with Crippen molar-refractivity contribution in [3.05, 3.63) is 0 Å². The molecule has 0 aromatic rings. The van der Waals surface area contributed by atoms with Crippen molar-refractivity contribution in [3.63, 3.8) is 0 Å². The summed E-state index contributed by atoms with van der Waals surface area (Å²) >= 11 is 0. The zero-order valence-electron chi connectivity index (χ0n) is 8.29. The molecular weight excluding hydrogens is 164 g/mol. The second kappa shape index (κ2) is 3.79. The van der Waals surface area contributed by atoms with Gasteiger partial charge in [0.25, 0.3) is 0 Å². The maximum atomic E-state index is 11.3. The minimum atomic E-state index is 0.358. The summed E-state index contributed by atoms with van der Waals surface area (Å²) in [7, 11) is 0. The molecule has 0 aliphatic heterocycles. The highest BCUT2D eigenvalue weighted by Gasteiger charge is 2.45. The van der Waals surface area contributed by atoms with E-state index in [9.17, 15) is 4.79 Å². The van der Waals surface area contributed by atoms with Gasteiger partial charge in [-0.15, -0.1) is 0 Å². The lowest BCUT2D eigenvalue weighted by Crippen LogP contribution is -2.25. The third-order valence-electron chi connectivity index (χ3n) is 3.38. The Bertz CT molecular complexity index is 200. The van der Waals surface area contributed by atoms with Gasteiger partial charge in [-0.3, -0.25) is 4.79 Å². The molecule has 0 spiro atoms. The number of ether oxygens (including phenoxy) is 1. The normalized spacial score (nSPS) is 37.3. The van der Waals surface area contributed by atoms with Gasteiger partial charge >= 0.3 is 0 Å². The van der Waals surface area contributed by atoms with Crippen molar-refractivity contribution in [3.8, 4) is 0 Å². The number of Topliss-reactive ketones (excluding diaryl/α,β-unsaturated/α-hetero) is 1. The molecule has 2 rings (SSSR count). The van der Waals surface area contributed by atoms with Crippen molar-refractivity contribution in [1.82, 2.24) is 0 Å². The van der Waals surface area contributed by atoms with E-state index in [2.05, 4.69) is 6.92 Å². The number of fused-ring (bicyclic) bond motifs is 2. The van der Waals surface area contributed by atoms with Crippen LogP contribution in [0.5, 0.6) is 0 Å². The smallest absolute Gasteiger partial charge is 0.136 e. The van der Waals surface area contributed by atoms with Crippen LogP contribution in [0.25, 0.3) is 0 Å². The highest BCUT2D eigenvalue weighted by Crippen LogP contribution is 2.43. The summed E-state index contributed by atoms with van der Waals surface area (Å²) in [6.45, 7) is 3.06. The third-order valence-corrected chi connectivity index (χ3v) is 3.38. The zero-order chi connectivity index (χ0) is 9.26. The van der Waals surface area contributed by atoms with E-state index in [1.807, 2.05) is 0 Å². The molecule has 2 bridgehead atoms. The average Bonchev–Trinajstić information content (AvgIpc) is 2.63. The van der Waals surface area contributed by atoms with E-state index >= 15 is 0 Å². The summed E-state index contributed by atoms with van der Waals surface area (Å²) in [5.74, 6) is 1.41. The lowest BCUT2D eigenvalue weighted by Gasteiger charge is -2.21. The van der Waals surface area contributed by atoms with Gasteiger partial charge in [-0.1, -0.05) is 13.3 Å². The molecular formula is C11H18O2. The topological polar surface area (TPSA) is 26.3 Å². The number of unbranched alkanes of at least 4 members (excludes halogenated alkanes) is 1. The summed E-state index contributed by atoms with van der Waals surface area (Å²) in [6.07, 6.45) is 5.67. The predicted molar refractivity (Wildman–Crippen MR) is 50.5 cm³/mol. The maximum absolute atomic E-state index is 11.3. The first-order valence-corrected chi connectivity index (χ1v) is 5.45. The van der Waals surface area contributed by atoms with Crippen molar-refractivity contribution >= 4 is 5.78 Å². The van der Waals surface area contributed by atoms with Gasteiger partial charge in [0.05, 0.1) is 6.10 Å². The lowest BCUT2D eigenvalue weighted by molar-refractivity contribution is -0.124. The lowest BCUT2D eigenvalue weighted by atomic mass is 9.96. The van der Waals surface area contributed by atoms with E-state index in [0.29, 0.717) is 23.7 Å². The highest BCUT2D eigenvalue weighted by atomic mass is 16.5. The first-order chi connectivity index (χ1) is 6.31. The Morgan fingerprint density at radius 2 is 2.31 bits per heavy atom. The molecule has 13 heavy (non-hydrogen) atoms.